The van der Waals surface area contributed by atoms with Gasteiger partial charge in [0.15, 0.2) is 16.7 Å². The molecule has 1 fully saturated rings. The van der Waals surface area contributed by atoms with Gasteiger partial charge in [-0.25, -0.2) is 4.99 Å². The summed E-state index contributed by atoms with van der Waals surface area (Å²) in [6.45, 7) is 0. The number of thioether (sulfide) groups is 1. The van der Waals surface area contributed by atoms with Crippen molar-refractivity contribution in [1.29, 1.82) is 0 Å². The summed E-state index contributed by atoms with van der Waals surface area (Å²) in [5, 5.41) is 14.1. The van der Waals surface area contributed by atoms with E-state index in [0.717, 1.165) is 17.3 Å². The van der Waals surface area contributed by atoms with Crippen molar-refractivity contribution in [2.75, 3.05) is 14.2 Å². The van der Waals surface area contributed by atoms with Gasteiger partial charge in [0, 0.05) is 5.56 Å². The van der Waals surface area contributed by atoms with Gasteiger partial charge >= 0.3 is 0 Å². The van der Waals surface area contributed by atoms with Crippen LogP contribution >= 0.6 is 11.8 Å². The first-order chi connectivity index (χ1) is 13.0. The first-order valence-electron chi connectivity index (χ1n) is 7.84. The molecule has 2 aromatic carbocycles. The van der Waals surface area contributed by atoms with Crippen LogP contribution in [0.15, 0.2) is 52.4 Å². The highest BCUT2D eigenvalue weighted by atomic mass is 32.2. The van der Waals surface area contributed by atoms with Crippen molar-refractivity contribution in [2.45, 2.75) is 0 Å². The van der Waals surface area contributed by atoms with Gasteiger partial charge in [-0.3, -0.25) is 4.79 Å². The molecule has 0 radical (unpaired) electrons. The molecule has 7 nitrogen and oxygen atoms in total. The lowest BCUT2D eigenvalue weighted by Crippen LogP contribution is -2.23. The second kappa shape index (κ2) is 7.96. The van der Waals surface area contributed by atoms with E-state index in [1.165, 1.54) is 13.2 Å². The van der Waals surface area contributed by atoms with Crippen LogP contribution < -0.4 is 19.9 Å². The molecular weight excluding hydrogens is 368 g/mol. The van der Waals surface area contributed by atoms with Crippen molar-refractivity contribution in [3.8, 4) is 11.5 Å². The van der Waals surface area contributed by atoms with Gasteiger partial charge < -0.3 is 24.7 Å². The van der Waals surface area contributed by atoms with E-state index in [1.54, 1.807) is 49.6 Å². The number of carbonyl (C=O) groups excluding carboxylic acids is 2. The Morgan fingerprint density at radius 1 is 1.15 bits per heavy atom. The molecular formula is C19H15N2O5S-. The van der Waals surface area contributed by atoms with Gasteiger partial charge in [0.2, 0.25) is 0 Å². The standard InChI is InChI=1S/C19H16N2O5S/c1-25-14-8-7-11(9-15(14)26-2)10-16-17(22)21-19(27-16)20-13-6-4-3-5-12(13)18(23)24/h3-10H,1-2H3,(H,23,24)(H,20,21,22)/p-1/b16-10-. The number of amidine groups is 1. The van der Waals surface area contributed by atoms with Crippen molar-refractivity contribution in [3.63, 3.8) is 0 Å². The number of aromatic carboxylic acids is 1. The Morgan fingerprint density at radius 3 is 2.59 bits per heavy atom. The smallest absolute Gasteiger partial charge is 0.264 e. The number of para-hydroxylation sites is 1. The van der Waals surface area contributed by atoms with E-state index in [0.29, 0.717) is 21.6 Å². The first-order valence-corrected chi connectivity index (χ1v) is 8.65. The fraction of sp³-hybridized carbons (Fsp3) is 0.105. The van der Waals surface area contributed by atoms with E-state index < -0.39 is 5.97 Å². The zero-order valence-corrected chi connectivity index (χ0v) is 15.3. The Kier molecular flexibility index (Phi) is 5.46. The van der Waals surface area contributed by atoms with E-state index in [1.807, 2.05) is 0 Å². The lowest BCUT2D eigenvalue weighted by Gasteiger charge is -2.07. The largest absolute Gasteiger partial charge is 0.545 e. The number of carboxylic acid groups (broad SMARTS) is 1. The van der Waals surface area contributed by atoms with Crippen LogP contribution in [0.1, 0.15) is 15.9 Å². The number of nitrogens with zero attached hydrogens (tertiary/aromatic N) is 1. The third kappa shape index (κ3) is 4.12. The van der Waals surface area contributed by atoms with E-state index in [-0.39, 0.29) is 17.2 Å². The Labute approximate surface area is 159 Å². The van der Waals surface area contributed by atoms with Gasteiger partial charge in [-0.15, -0.1) is 0 Å². The van der Waals surface area contributed by atoms with Crippen molar-refractivity contribution < 1.29 is 24.2 Å². The van der Waals surface area contributed by atoms with Gasteiger partial charge in [0.25, 0.3) is 5.91 Å². The second-order valence-electron chi connectivity index (χ2n) is 5.40. The van der Waals surface area contributed by atoms with Gasteiger partial charge in [0.05, 0.1) is 30.8 Å². The van der Waals surface area contributed by atoms with E-state index in [4.69, 9.17) is 9.47 Å². The third-order valence-electron chi connectivity index (χ3n) is 3.70. The highest BCUT2D eigenvalue weighted by molar-refractivity contribution is 8.18. The SMILES string of the molecule is COc1ccc(/C=C2\SC(=Nc3ccccc3C(=O)[O-])NC2=O)cc1OC. The molecule has 0 unspecified atom stereocenters. The van der Waals surface area contributed by atoms with Crippen LogP contribution in [0.2, 0.25) is 0 Å². The molecule has 2 aromatic rings. The molecule has 0 saturated carbocycles. The maximum Gasteiger partial charge on any atom is 0.264 e. The van der Waals surface area contributed by atoms with Gasteiger partial charge in [-0.05, 0) is 41.6 Å². The van der Waals surface area contributed by atoms with Crippen LogP contribution in [-0.4, -0.2) is 31.3 Å². The molecule has 0 aliphatic carbocycles. The minimum Gasteiger partial charge on any atom is -0.545 e. The number of carbonyl (C=O) groups is 2. The molecule has 3 rings (SSSR count). The highest BCUT2D eigenvalue weighted by Crippen LogP contribution is 2.32. The zero-order valence-electron chi connectivity index (χ0n) is 14.5. The molecule has 0 atom stereocenters. The minimum atomic E-state index is -1.33. The number of methoxy groups -OCH3 is 2. The maximum absolute atomic E-state index is 12.2. The molecule has 8 heteroatoms. The first kappa shape index (κ1) is 18.5. The van der Waals surface area contributed by atoms with E-state index in [2.05, 4.69) is 10.3 Å². The van der Waals surface area contributed by atoms with Crippen molar-refractivity contribution in [1.82, 2.24) is 5.32 Å². The van der Waals surface area contributed by atoms with Crippen molar-refractivity contribution >= 4 is 40.6 Å². The predicted molar refractivity (Wildman–Crippen MR) is 101 cm³/mol. The Bertz CT molecular complexity index is 968. The number of carboxylic acids is 1. The topological polar surface area (TPSA) is 100 Å². The molecule has 0 aromatic heterocycles. The molecule has 1 N–H and O–H groups in total. The summed E-state index contributed by atoms with van der Waals surface area (Å²) in [5.41, 5.74) is 0.923. The predicted octanol–water partition coefficient (Wildman–Crippen LogP) is 1.96. The van der Waals surface area contributed by atoms with Crippen molar-refractivity contribution in [3.05, 3.63) is 58.5 Å². The highest BCUT2D eigenvalue weighted by Gasteiger charge is 2.24. The second-order valence-corrected chi connectivity index (χ2v) is 6.43. The average molecular weight is 383 g/mol. The van der Waals surface area contributed by atoms with E-state index in [9.17, 15) is 14.7 Å². The molecule has 1 aliphatic heterocycles. The van der Waals surface area contributed by atoms with E-state index >= 15 is 0 Å². The van der Waals surface area contributed by atoms with Crippen LogP contribution in [0, 0.1) is 0 Å². The number of nitrogens with one attached hydrogen (secondary N) is 1. The number of aliphatic imine (C=N–C) groups is 1. The molecule has 1 aliphatic rings. The number of amides is 1. The molecule has 0 spiro atoms. The molecule has 1 saturated heterocycles. The summed E-state index contributed by atoms with van der Waals surface area (Å²) in [5.74, 6) is -0.513. The number of benzene rings is 2. The fourth-order valence-electron chi connectivity index (χ4n) is 2.43. The minimum absolute atomic E-state index is 0.0443. The lowest BCUT2D eigenvalue weighted by atomic mass is 10.2. The molecule has 0 bridgehead atoms. The van der Waals surface area contributed by atoms with Crippen LogP contribution in [0.3, 0.4) is 0 Å². The normalized spacial score (nSPS) is 16.4. The summed E-state index contributed by atoms with van der Waals surface area (Å²) in [4.78, 5) is 28.0. The Hall–Kier alpha value is -3.26. The quantitative estimate of drug-likeness (QED) is 0.793. The maximum atomic E-state index is 12.2. The Morgan fingerprint density at radius 2 is 1.89 bits per heavy atom. The van der Waals surface area contributed by atoms with Gasteiger partial charge in [-0.1, -0.05) is 24.3 Å². The third-order valence-corrected chi connectivity index (χ3v) is 4.61. The lowest BCUT2D eigenvalue weighted by molar-refractivity contribution is -0.254. The number of rotatable bonds is 5. The number of hydrogen-bond acceptors (Lipinski definition) is 7. The van der Waals surface area contributed by atoms with Crippen LogP contribution in [0.5, 0.6) is 11.5 Å². The number of ether oxygens (including phenoxy) is 2. The fourth-order valence-corrected chi connectivity index (χ4v) is 3.26. The summed E-state index contributed by atoms with van der Waals surface area (Å²) < 4.78 is 10.5. The van der Waals surface area contributed by atoms with Gasteiger partial charge in [0.1, 0.15) is 0 Å². The summed E-state index contributed by atoms with van der Waals surface area (Å²) in [6.07, 6.45) is 1.69. The summed E-state index contributed by atoms with van der Waals surface area (Å²) in [7, 11) is 3.08. The Balaban J connectivity index is 1.88. The zero-order chi connectivity index (χ0) is 19.4. The summed E-state index contributed by atoms with van der Waals surface area (Å²) >= 11 is 1.12. The van der Waals surface area contributed by atoms with Gasteiger partial charge in [-0.2, -0.15) is 0 Å². The molecule has 1 heterocycles. The molecule has 138 valence electrons. The molecule has 1 amide bonds. The monoisotopic (exact) mass is 383 g/mol. The number of hydrogen-bond donors (Lipinski definition) is 1. The van der Waals surface area contributed by atoms with Crippen LogP contribution in [0.4, 0.5) is 5.69 Å². The average Bonchev–Trinajstić information content (AvgIpc) is 3.00. The molecule has 27 heavy (non-hydrogen) atoms. The van der Waals surface area contributed by atoms with Crippen LogP contribution in [-0.2, 0) is 4.79 Å². The van der Waals surface area contributed by atoms with Crippen LogP contribution in [0.25, 0.3) is 6.08 Å². The summed E-state index contributed by atoms with van der Waals surface area (Å²) in [6, 6.07) is 11.5. The van der Waals surface area contributed by atoms with Crippen molar-refractivity contribution in [2.24, 2.45) is 4.99 Å².